The van der Waals surface area contributed by atoms with Gasteiger partial charge in [-0.05, 0) is 57.1 Å². The third kappa shape index (κ3) is 3.96. The Kier molecular flexibility index (Phi) is 5.87. The van der Waals surface area contributed by atoms with E-state index in [1.54, 1.807) is 0 Å². The summed E-state index contributed by atoms with van der Waals surface area (Å²) in [5.74, 6) is 0.155. The van der Waals surface area contributed by atoms with Gasteiger partial charge in [0, 0.05) is 18.3 Å². The number of hydrogen-bond acceptors (Lipinski definition) is 3. The summed E-state index contributed by atoms with van der Waals surface area (Å²) in [6, 6.07) is 6.05. The Bertz CT molecular complexity index is 896. The summed E-state index contributed by atoms with van der Waals surface area (Å²) in [5, 5.41) is 5.96. The number of aromatic nitrogens is 2. The van der Waals surface area contributed by atoms with E-state index < -0.39 is 0 Å². The van der Waals surface area contributed by atoms with Gasteiger partial charge < -0.3 is 15.2 Å². The molecule has 2 N–H and O–H groups in total. The predicted octanol–water partition coefficient (Wildman–Crippen LogP) is 4.04. The lowest BCUT2D eigenvalue weighted by atomic mass is 9.98. The molecule has 2 aromatic rings. The lowest BCUT2D eigenvalue weighted by molar-refractivity contribution is 0.0927. The fourth-order valence-corrected chi connectivity index (χ4v) is 3.74. The van der Waals surface area contributed by atoms with Crippen LogP contribution in [-0.2, 0) is 13.0 Å². The molecule has 2 heterocycles. The SMILES string of the molecule is Cc1cccc(C(C)C)c1NC(=O)c1nc(C(=O)NC(C)C)n2c1CCCC2. The second-order valence-corrected chi connectivity index (χ2v) is 8.12. The fourth-order valence-electron chi connectivity index (χ4n) is 3.74. The zero-order valence-electron chi connectivity index (χ0n) is 17.4. The van der Waals surface area contributed by atoms with Crippen LogP contribution in [-0.4, -0.2) is 27.4 Å². The highest BCUT2D eigenvalue weighted by atomic mass is 16.2. The number of nitrogens with one attached hydrogen (secondary N) is 2. The maximum absolute atomic E-state index is 13.2. The van der Waals surface area contributed by atoms with E-state index in [2.05, 4.69) is 29.5 Å². The molecule has 0 saturated carbocycles. The summed E-state index contributed by atoms with van der Waals surface area (Å²) >= 11 is 0. The first-order valence-corrected chi connectivity index (χ1v) is 10.1. The average Bonchev–Trinajstić information content (AvgIpc) is 3.02. The van der Waals surface area contributed by atoms with Gasteiger partial charge in [0.1, 0.15) is 0 Å². The average molecular weight is 383 g/mol. The molecular formula is C22H30N4O2. The topological polar surface area (TPSA) is 76.0 Å². The third-order valence-corrected chi connectivity index (χ3v) is 5.12. The van der Waals surface area contributed by atoms with E-state index in [1.165, 1.54) is 0 Å². The van der Waals surface area contributed by atoms with Gasteiger partial charge >= 0.3 is 0 Å². The molecule has 6 nitrogen and oxygen atoms in total. The van der Waals surface area contributed by atoms with E-state index in [4.69, 9.17) is 0 Å². The van der Waals surface area contributed by atoms with Gasteiger partial charge in [-0.25, -0.2) is 4.98 Å². The maximum Gasteiger partial charge on any atom is 0.287 e. The van der Waals surface area contributed by atoms with Crippen LogP contribution in [0.2, 0.25) is 0 Å². The quantitative estimate of drug-likeness (QED) is 0.819. The van der Waals surface area contributed by atoms with Crippen molar-refractivity contribution in [1.29, 1.82) is 0 Å². The summed E-state index contributed by atoms with van der Waals surface area (Å²) in [5.41, 5.74) is 4.18. The number of hydrogen-bond donors (Lipinski definition) is 2. The third-order valence-electron chi connectivity index (χ3n) is 5.12. The molecule has 150 valence electrons. The molecule has 28 heavy (non-hydrogen) atoms. The molecule has 3 rings (SSSR count). The highest BCUT2D eigenvalue weighted by Gasteiger charge is 2.28. The van der Waals surface area contributed by atoms with E-state index in [9.17, 15) is 9.59 Å². The number of amides is 2. The van der Waals surface area contributed by atoms with Crippen LogP contribution in [0.3, 0.4) is 0 Å². The molecule has 0 saturated heterocycles. The van der Waals surface area contributed by atoms with Crippen molar-refractivity contribution in [3.63, 3.8) is 0 Å². The first-order valence-electron chi connectivity index (χ1n) is 10.1. The first-order chi connectivity index (χ1) is 13.3. The molecule has 0 spiro atoms. The lowest BCUT2D eigenvalue weighted by Crippen LogP contribution is -2.33. The van der Waals surface area contributed by atoms with Gasteiger partial charge in [-0.1, -0.05) is 32.0 Å². The summed E-state index contributed by atoms with van der Waals surface area (Å²) in [4.78, 5) is 30.2. The molecule has 1 aliphatic rings. The van der Waals surface area contributed by atoms with Crippen molar-refractivity contribution in [2.75, 3.05) is 5.32 Å². The number of carbonyl (C=O) groups excluding carboxylic acids is 2. The van der Waals surface area contributed by atoms with E-state index >= 15 is 0 Å². The van der Waals surface area contributed by atoms with Crippen molar-refractivity contribution in [2.24, 2.45) is 0 Å². The number of aryl methyl sites for hydroxylation is 1. The van der Waals surface area contributed by atoms with Crippen LogP contribution in [0.5, 0.6) is 0 Å². The van der Waals surface area contributed by atoms with Crippen molar-refractivity contribution in [3.8, 4) is 0 Å². The van der Waals surface area contributed by atoms with Crippen LogP contribution in [0.1, 0.15) is 84.4 Å². The van der Waals surface area contributed by atoms with Gasteiger partial charge in [0.05, 0.1) is 5.69 Å². The van der Waals surface area contributed by atoms with Crippen molar-refractivity contribution in [3.05, 3.63) is 46.5 Å². The Morgan fingerprint density at radius 2 is 1.86 bits per heavy atom. The zero-order valence-corrected chi connectivity index (χ0v) is 17.4. The lowest BCUT2D eigenvalue weighted by Gasteiger charge is -2.18. The molecule has 0 unspecified atom stereocenters. The van der Waals surface area contributed by atoms with E-state index in [0.717, 1.165) is 48.3 Å². The summed E-state index contributed by atoms with van der Waals surface area (Å²) in [6.07, 6.45) is 2.75. The molecule has 1 aliphatic heterocycles. The highest BCUT2D eigenvalue weighted by molar-refractivity contribution is 6.05. The molecule has 0 fully saturated rings. The standard InChI is InChI=1S/C22H30N4O2/c1-13(2)16-10-8-9-15(5)18(16)25-21(27)19-17-11-6-7-12-26(17)20(24-19)22(28)23-14(3)4/h8-10,13-14H,6-7,11-12H2,1-5H3,(H,23,28)(H,25,27). The molecule has 1 aromatic carbocycles. The summed E-state index contributed by atoms with van der Waals surface area (Å²) < 4.78 is 1.91. The molecule has 2 amide bonds. The Hall–Kier alpha value is -2.63. The summed E-state index contributed by atoms with van der Waals surface area (Å²) in [6.45, 7) is 10.8. The Balaban J connectivity index is 1.97. The van der Waals surface area contributed by atoms with Gasteiger partial charge in [-0.3, -0.25) is 9.59 Å². The molecule has 6 heteroatoms. The number of rotatable bonds is 5. The molecule has 0 atom stereocenters. The normalized spacial score (nSPS) is 13.5. The van der Waals surface area contributed by atoms with Crippen LogP contribution in [0.25, 0.3) is 0 Å². The minimum absolute atomic E-state index is 0.0156. The Morgan fingerprint density at radius 3 is 2.54 bits per heavy atom. The second-order valence-electron chi connectivity index (χ2n) is 8.12. The smallest absolute Gasteiger partial charge is 0.287 e. The number of nitrogens with zero attached hydrogens (tertiary/aromatic N) is 2. The minimum Gasteiger partial charge on any atom is -0.347 e. The Morgan fingerprint density at radius 1 is 1.11 bits per heavy atom. The number of fused-ring (bicyclic) bond motifs is 1. The van der Waals surface area contributed by atoms with Crippen molar-refractivity contribution in [2.45, 2.75) is 72.4 Å². The van der Waals surface area contributed by atoms with E-state index in [1.807, 2.05) is 43.5 Å². The van der Waals surface area contributed by atoms with Crippen LogP contribution < -0.4 is 10.6 Å². The van der Waals surface area contributed by atoms with E-state index in [0.29, 0.717) is 17.4 Å². The van der Waals surface area contributed by atoms with Gasteiger partial charge in [-0.15, -0.1) is 0 Å². The fraction of sp³-hybridized carbons (Fsp3) is 0.500. The van der Waals surface area contributed by atoms with Gasteiger partial charge in [0.15, 0.2) is 11.5 Å². The number of imidazole rings is 1. The molecule has 0 radical (unpaired) electrons. The largest absolute Gasteiger partial charge is 0.347 e. The molecule has 1 aromatic heterocycles. The van der Waals surface area contributed by atoms with Gasteiger partial charge in [0.2, 0.25) is 0 Å². The van der Waals surface area contributed by atoms with Crippen molar-refractivity contribution < 1.29 is 9.59 Å². The van der Waals surface area contributed by atoms with Crippen LogP contribution in [0.15, 0.2) is 18.2 Å². The van der Waals surface area contributed by atoms with Gasteiger partial charge in [-0.2, -0.15) is 0 Å². The van der Waals surface area contributed by atoms with Gasteiger partial charge in [0.25, 0.3) is 11.8 Å². The molecular weight excluding hydrogens is 352 g/mol. The van der Waals surface area contributed by atoms with Crippen molar-refractivity contribution in [1.82, 2.24) is 14.9 Å². The molecule has 0 aliphatic carbocycles. The minimum atomic E-state index is -0.245. The van der Waals surface area contributed by atoms with Crippen LogP contribution in [0.4, 0.5) is 5.69 Å². The number of benzene rings is 1. The van der Waals surface area contributed by atoms with Crippen LogP contribution >= 0.6 is 0 Å². The first kappa shape index (κ1) is 20.1. The predicted molar refractivity (Wildman–Crippen MR) is 111 cm³/mol. The zero-order chi connectivity index (χ0) is 20.4. The van der Waals surface area contributed by atoms with Crippen molar-refractivity contribution >= 4 is 17.5 Å². The molecule has 0 bridgehead atoms. The Labute approximate surface area is 166 Å². The number of para-hydroxylation sites is 1. The second kappa shape index (κ2) is 8.17. The monoisotopic (exact) mass is 382 g/mol. The number of carbonyl (C=O) groups is 2. The maximum atomic E-state index is 13.2. The van der Waals surface area contributed by atoms with E-state index in [-0.39, 0.29) is 17.9 Å². The van der Waals surface area contributed by atoms with Crippen LogP contribution in [0, 0.1) is 6.92 Å². The summed E-state index contributed by atoms with van der Waals surface area (Å²) in [7, 11) is 0. The highest BCUT2D eigenvalue weighted by Crippen LogP contribution is 2.29. The number of anilines is 1.